The number of methoxy groups -OCH3 is 4. The first-order chi connectivity index (χ1) is 35.0. The van der Waals surface area contributed by atoms with Gasteiger partial charge in [-0.1, -0.05) is 68.1 Å². The molecule has 3 N–H and O–H groups in total. The molecule has 0 bridgehead atoms. The van der Waals surface area contributed by atoms with Crippen LogP contribution in [-0.2, 0) is 61.9 Å². The minimum Gasteiger partial charge on any atom is -0.497 e. The molecule has 5 aromatic carbocycles. The van der Waals surface area contributed by atoms with Gasteiger partial charge in [-0.05, 0) is 135 Å². The van der Waals surface area contributed by atoms with E-state index in [4.69, 9.17) is 23.7 Å². The molecule has 0 saturated carbocycles. The monoisotopic (exact) mass is 1090 g/mol. The van der Waals surface area contributed by atoms with Crippen molar-refractivity contribution in [2.75, 3.05) is 61.2 Å². The Balaban J connectivity index is 1.12. The predicted octanol–water partition coefficient (Wildman–Crippen LogP) is 7.95. The van der Waals surface area contributed by atoms with E-state index in [1.54, 1.807) is 66.7 Å². The third-order valence-corrected chi connectivity index (χ3v) is 18.5. The molecular weight excluding hydrogens is 1020 g/mol. The number of ether oxygens (including phenoxy) is 5. The maximum Gasteiger partial charge on any atom is 0.243 e. The van der Waals surface area contributed by atoms with Gasteiger partial charge in [0.05, 0.1) is 47.5 Å². The van der Waals surface area contributed by atoms with Gasteiger partial charge in [0.1, 0.15) is 17.2 Å². The Morgan fingerprint density at radius 1 is 0.452 bits per heavy atom. The molecule has 1 unspecified atom stereocenters. The van der Waals surface area contributed by atoms with Crippen LogP contribution in [0.3, 0.4) is 0 Å². The second kappa shape index (κ2) is 28.7. The Morgan fingerprint density at radius 2 is 0.890 bits per heavy atom. The van der Waals surface area contributed by atoms with Crippen LogP contribution in [0.4, 0.5) is 0 Å². The molecule has 0 fully saturated rings. The minimum atomic E-state index is -4.16. The molecule has 5 aromatic rings. The third kappa shape index (κ3) is 17.6. The number of hydrogen-bond acceptors (Lipinski definition) is 13. The van der Waals surface area contributed by atoms with E-state index in [2.05, 4.69) is 14.2 Å². The van der Waals surface area contributed by atoms with E-state index in [1.807, 2.05) is 12.1 Å². The van der Waals surface area contributed by atoms with E-state index in [0.717, 1.165) is 37.7 Å². The topological polar surface area (TPSA) is 222 Å². The molecule has 0 aliphatic carbocycles. The molecule has 0 aromatic heterocycles. The lowest BCUT2D eigenvalue weighted by molar-refractivity contribution is -0.0362. The van der Waals surface area contributed by atoms with Crippen molar-refractivity contribution < 1.29 is 57.4 Å². The lowest BCUT2D eigenvalue weighted by Crippen LogP contribution is -2.48. The Hall–Kier alpha value is -4.94. The summed E-state index contributed by atoms with van der Waals surface area (Å²) in [6.45, 7) is 1.42. The Morgan fingerprint density at radius 3 is 1.42 bits per heavy atom. The second-order valence-corrected chi connectivity index (χ2v) is 24.3. The highest BCUT2D eigenvalue weighted by Crippen LogP contribution is 2.34. The molecule has 0 aliphatic rings. The smallest absolute Gasteiger partial charge is 0.243 e. The van der Waals surface area contributed by atoms with Crippen molar-refractivity contribution in [1.82, 2.24) is 18.5 Å². The fourth-order valence-corrected chi connectivity index (χ4v) is 13.1. The van der Waals surface area contributed by atoms with Crippen molar-refractivity contribution in [3.8, 4) is 17.2 Å². The van der Waals surface area contributed by atoms with E-state index < -0.39 is 45.8 Å². The second-order valence-electron chi connectivity index (χ2n) is 17.2. The number of rotatable bonds is 35. The number of unbranched alkanes of at least 4 members (excludes halogenated alkanes) is 7. The number of hydrogen-bond donors (Lipinski definition) is 3. The van der Waals surface area contributed by atoms with Crippen LogP contribution in [0.25, 0.3) is 0 Å². The van der Waals surface area contributed by atoms with E-state index in [0.29, 0.717) is 68.1 Å². The highest BCUT2D eigenvalue weighted by atomic mass is 32.2. The molecule has 0 spiro atoms. The average Bonchev–Trinajstić information content (AvgIpc) is 3.40. The standard InChI is InChI=1S/C52H70N4O13S4/c1-65-44-24-30-48(31-25-44)71(59,60)54-38-16-18-40-56(73(63,64)50-34-28-46(67-3)29-35-50)39-17-7-5-6-8-19-41-69-42-43-20-12-13-23-51(43)52(68-4,55-72(61,62)49-32-26-45(66-2)27-33-49)36-14-15-37-53-70(57,58)47-21-10-9-11-22-47/h9-13,20-35,53-55H,5-8,14-19,36-42H2,1-4H3. The first-order valence-electron chi connectivity index (χ1n) is 24.2. The van der Waals surface area contributed by atoms with Gasteiger partial charge in [-0.3, -0.25) is 0 Å². The number of nitrogens with zero attached hydrogens (tertiary/aromatic N) is 1. The average molecular weight is 1090 g/mol. The normalized spacial score (nSPS) is 13.2. The van der Waals surface area contributed by atoms with Crippen LogP contribution in [0.1, 0.15) is 81.8 Å². The van der Waals surface area contributed by atoms with E-state index in [1.165, 1.54) is 81.3 Å². The maximum atomic E-state index is 14.0. The van der Waals surface area contributed by atoms with Crippen molar-refractivity contribution in [2.24, 2.45) is 0 Å². The molecule has 1 atom stereocenters. The summed E-state index contributed by atoms with van der Waals surface area (Å²) in [6.07, 6.45) is 6.68. The largest absolute Gasteiger partial charge is 0.497 e. The van der Waals surface area contributed by atoms with E-state index >= 15 is 0 Å². The summed E-state index contributed by atoms with van der Waals surface area (Å²) in [4.78, 5) is 0.432. The fraction of sp³-hybridized carbons (Fsp3) is 0.423. The highest BCUT2D eigenvalue weighted by Gasteiger charge is 2.38. The summed E-state index contributed by atoms with van der Waals surface area (Å²) in [5.41, 5.74) is -0.258. The lowest BCUT2D eigenvalue weighted by Gasteiger charge is -2.35. The number of nitrogens with one attached hydrogen (secondary N) is 3. The molecule has 5 rings (SSSR count). The van der Waals surface area contributed by atoms with Crippen LogP contribution in [0.15, 0.2) is 147 Å². The van der Waals surface area contributed by atoms with Crippen molar-refractivity contribution in [3.05, 3.63) is 139 Å². The molecule has 0 aliphatic heterocycles. The first kappa shape index (κ1) is 58.9. The van der Waals surface area contributed by atoms with Gasteiger partial charge < -0.3 is 23.7 Å². The molecule has 0 amide bonds. The van der Waals surface area contributed by atoms with Crippen LogP contribution >= 0.6 is 0 Å². The predicted molar refractivity (Wildman–Crippen MR) is 280 cm³/mol. The van der Waals surface area contributed by atoms with Crippen molar-refractivity contribution in [2.45, 2.75) is 103 Å². The summed E-state index contributed by atoms with van der Waals surface area (Å²) in [5.74, 6) is 1.58. The molecule has 0 saturated heterocycles. The van der Waals surface area contributed by atoms with Gasteiger partial charge >= 0.3 is 0 Å². The molecule has 73 heavy (non-hydrogen) atoms. The zero-order valence-electron chi connectivity index (χ0n) is 42.0. The van der Waals surface area contributed by atoms with Gasteiger partial charge in [0, 0.05) is 45.5 Å². The minimum absolute atomic E-state index is 0.0113. The van der Waals surface area contributed by atoms with E-state index in [-0.39, 0.29) is 52.2 Å². The van der Waals surface area contributed by atoms with Gasteiger partial charge in [0.25, 0.3) is 0 Å². The van der Waals surface area contributed by atoms with Crippen molar-refractivity contribution in [1.29, 1.82) is 0 Å². The van der Waals surface area contributed by atoms with Gasteiger partial charge in [-0.2, -0.15) is 9.03 Å². The van der Waals surface area contributed by atoms with Gasteiger partial charge in [-0.15, -0.1) is 0 Å². The highest BCUT2D eigenvalue weighted by molar-refractivity contribution is 7.90. The molecular formula is C52H70N4O13S4. The van der Waals surface area contributed by atoms with Crippen LogP contribution in [-0.4, -0.2) is 99.2 Å². The summed E-state index contributed by atoms with van der Waals surface area (Å²) in [7, 11) is -9.53. The molecule has 21 heteroatoms. The number of benzene rings is 5. The van der Waals surface area contributed by atoms with Crippen LogP contribution in [0, 0.1) is 0 Å². The molecule has 17 nitrogen and oxygen atoms in total. The summed E-state index contributed by atoms with van der Waals surface area (Å²) >= 11 is 0. The Kier molecular flexibility index (Phi) is 23.1. The van der Waals surface area contributed by atoms with E-state index in [9.17, 15) is 33.7 Å². The van der Waals surface area contributed by atoms with Gasteiger partial charge in [0.2, 0.25) is 40.1 Å². The van der Waals surface area contributed by atoms with Gasteiger partial charge in [-0.25, -0.2) is 43.1 Å². The zero-order valence-corrected chi connectivity index (χ0v) is 45.3. The zero-order chi connectivity index (χ0) is 52.8. The SMILES string of the molecule is COc1ccc(S(=O)(=O)NCCCCN(CCCCCCCCOCc2ccccc2C(CCCCNS(=O)(=O)c2ccccc2)(NS(=O)(=O)c2ccc(OC)cc2)OC)S(=O)(=O)c2ccc(OC)cc2)cc1. The lowest BCUT2D eigenvalue weighted by atomic mass is 9.93. The maximum absolute atomic E-state index is 14.0. The molecule has 0 heterocycles. The number of sulfonamides is 4. The van der Waals surface area contributed by atoms with Crippen LogP contribution in [0.5, 0.6) is 17.2 Å². The summed E-state index contributed by atoms with van der Waals surface area (Å²) in [5, 5.41) is 0. The summed E-state index contributed by atoms with van der Waals surface area (Å²) < 4.78 is 144. The first-order valence-corrected chi connectivity index (χ1v) is 30.1. The van der Waals surface area contributed by atoms with Crippen molar-refractivity contribution in [3.63, 3.8) is 0 Å². The molecule has 400 valence electrons. The Bertz CT molecular complexity index is 2900. The van der Waals surface area contributed by atoms with Gasteiger partial charge in [0.15, 0.2) is 5.72 Å². The van der Waals surface area contributed by atoms with Crippen LogP contribution in [0.2, 0.25) is 0 Å². The Labute approximate surface area is 433 Å². The fourth-order valence-electron chi connectivity index (χ4n) is 8.04. The molecule has 0 radical (unpaired) electrons. The van der Waals surface area contributed by atoms with Crippen LogP contribution < -0.4 is 28.4 Å². The third-order valence-electron chi connectivity index (χ3n) is 12.2. The summed E-state index contributed by atoms with van der Waals surface area (Å²) in [6, 6.07) is 33.7. The quantitative estimate of drug-likeness (QED) is 0.0259. The van der Waals surface area contributed by atoms with Crippen molar-refractivity contribution >= 4 is 40.1 Å².